The second-order valence-corrected chi connectivity index (χ2v) is 5.80. The zero-order valence-electron chi connectivity index (χ0n) is 13.6. The van der Waals surface area contributed by atoms with Crippen molar-refractivity contribution in [1.29, 1.82) is 0 Å². The summed E-state index contributed by atoms with van der Waals surface area (Å²) in [5.74, 6) is 0.275. The van der Waals surface area contributed by atoms with Gasteiger partial charge >= 0.3 is 0 Å². The third-order valence-electron chi connectivity index (χ3n) is 4.25. The van der Waals surface area contributed by atoms with Gasteiger partial charge in [0.2, 0.25) is 5.91 Å². The summed E-state index contributed by atoms with van der Waals surface area (Å²) in [6, 6.07) is 5.65. The van der Waals surface area contributed by atoms with Gasteiger partial charge in [0.05, 0.1) is 31.5 Å². The average molecular weight is 314 g/mol. The zero-order valence-corrected chi connectivity index (χ0v) is 13.6. The Labute approximate surface area is 136 Å². The number of hydrogen-bond acceptors (Lipinski definition) is 4. The topological polar surface area (TPSA) is 60.2 Å². The molecule has 6 nitrogen and oxygen atoms in total. The van der Waals surface area contributed by atoms with Crippen LogP contribution in [0.15, 0.2) is 30.6 Å². The molecular weight excluding hydrogens is 292 g/mol. The first-order valence-electron chi connectivity index (χ1n) is 7.95. The van der Waals surface area contributed by atoms with E-state index in [4.69, 9.17) is 4.74 Å². The molecule has 3 heterocycles. The van der Waals surface area contributed by atoms with Gasteiger partial charge in [0.25, 0.3) is 0 Å². The van der Waals surface area contributed by atoms with Crippen LogP contribution in [0.1, 0.15) is 29.8 Å². The van der Waals surface area contributed by atoms with Crippen LogP contribution in [0.2, 0.25) is 0 Å². The van der Waals surface area contributed by atoms with Crippen molar-refractivity contribution < 1.29 is 9.53 Å². The summed E-state index contributed by atoms with van der Waals surface area (Å²) >= 11 is 0. The van der Waals surface area contributed by atoms with Crippen LogP contribution in [0.5, 0.6) is 0 Å². The standard InChI is InChI=1S/C17H22N4O2/c1-3-23-12-13-10-21(11-16-15(13)9-19-20(16)2)17(22)8-14-6-4-5-7-18-14/h4-7,9,13H,3,8,10-12H2,1-2H3. The van der Waals surface area contributed by atoms with Crippen LogP contribution >= 0.6 is 0 Å². The Kier molecular flexibility index (Phi) is 4.71. The molecule has 1 atom stereocenters. The molecule has 0 radical (unpaired) electrons. The highest BCUT2D eigenvalue weighted by molar-refractivity contribution is 5.78. The lowest BCUT2D eigenvalue weighted by atomic mass is 9.95. The van der Waals surface area contributed by atoms with Gasteiger partial charge in [-0.1, -0.05) is 6.07 Å². The summed E-state index contributed by atoms with van der Waals surface area (Å²) in [7, 11) is 1.92. The van der Waals surface area contributed by atoms with E-state index in [9.17, 15) is 4.79 Å². The maximum atomic E-state index is 12.6. The minimum absolute atomic E-state index is 0.0945. The maximum Gasteiger partial charge on any atom is 0.228 e. The lowest BCUT2D eigenvalue weighted by Crippen LogP contribution is -2.40. The van der Waals surface area contributed by atoms with Gasteiger partial charge < -0.3 is 9.64 Å². The summed E-state index contributed by atoms with van der Waals surface area (Å²) in [6.45, 7) is 4.54. The molecule has 0 saturated heterocycles. The van der Waals surface area contributed by atoms with Crippen LogP contribution in [0.4, 0.5) is 0 Å². The predicted octanol–water partition coefficient (Wildman–Crippen LogP) is 1.52. The van der Waals surface area contributed by atoms with Crippen LogP contribution in [0.25, 0.3) is 0 Å². The number of carbonyl (C=O) groups is 1. The largest absolute Gasteiger partial charge is 0.381 e. The van der Waals surface area contributed by atoms with E-state index < -0.39 is 0 Å². The number of hydrogen-bond donors (Lipinski definition) is 0. The number of rotatable bonds is 5. The lowest BCUT2D eigenvalue weighted by molar-refractivity contribution is -0.132. The molecule has 1 unspecified atom stereocenters. The molecule has 122 valence electrons. The van der Waals surface area contributed by atoms with Crippen molar-refractivity contribution in [2.45, 2.75) is 25.8 Å². The van der Waals surface area contributed by atoms with Gasteiger partial charge in [-0.25, -0.2) is 0 Å². The summed E-state index contributed by atoms with van der Waals surface area (Å²) in [5, 5.41) is 4.35. The van der Waals surface area contributed by atoms with E-state index in [2.05, 4.69) is 10.1 Å². The van der Waals surface area contributed by atoms with E-state index in [-0.39, 0.29) is 11.8 Å². The fraction of sp³-hybridized carbons (Fsp3) is 0.471. The molecule has 0 bridgehead atoms. The Morgan fingerprint density at radius 2 is 2.30 bits per heavy atom. The Bertz CT molecular complexity index is 668. The fourth-order valence-electron chi connectivity index (χ4n) is 2.99. The van der Waals surface area contributed by atoms with Gasteiger partial charge in [-0.2, -0.15) is 5.10 Å². The van der Waals surface area contributed by atoms with Crippen LogP contribution in [-0.4, -0.2) is 45.3 Å². The smallest absolute Gasteiger partial charge is 0.228 e. The maximum absolute atomic E-state index is 12.6. The van der Waals surface area contributed by atoms with Crippen molar-refractivity contribution in [3.63, 3.8) is 0 Å². The highest BCUT2D eigenvalue weighted by atomic mass is 16.5. The molecule has 0 fully saturated rings. The number of ether oxygens (including phenoxy) is 1. The molecule has 0 saturated carbocycles. The number of pyridine rings is 1. The van der Waals surface area contributed by atoms with E-state index in [1.165, 1.54) is 5.56 Å². The Balaban J connectivity index is 1.76. The monoisotopic (exact) mass is 314 g/mol. The highest BCUT2D eigenvalue weighted by Gasteiger charge is 2.30. The van der Waals surface area contributed by atoms with Crippen molar-refractivity contribution in [2.75, 3.05) is 19.8 Å². The summed E-state index contributed by atoms with van der Waals surface area (Å²) in [4.78, 5) is 18.8. The number of carbonyl (C=O) groups excluding carboxylic acids is 1. The SMILES string of the molecule is CCOCC1CN(C(=O)Cc2ccccn2)Cc2c1cnn2C. The predicted molar refractivity (Wildman–Crippen MR) is 85.8 cm³/mol. The number of aromatic nitrogens is 3. The van der Waals surface area contributed by atoms with Gasteiger partial charge in [-0.15, -0.1) is 0 Å². The van der Waals surface area contributed by atoms with Crippen molar-refractivity contribution in [1.82, 2.24) is 19.7 Å². The summed E-state index contributed by atoms with van der Waals surface area (Å²) in [6.07, 6.45) is 3.95. The first kappa shape index (κ1) is 15.7. The lowest BCUT2D eigenvalue weighted by Gasteiger charge is -2.33. The summed E-state index contributed by atoms with van der Waals surface area (Å²) in [5.41, 5.74) is 3.09. The Hall–Kier alpha value is -2.21. The quantitative estimate of drug-likeness (QED) is 0.839. The van der Waals surface area contributed by atoms with Crippen LogP contribution in [-0.2, 0) is 29.5 Å². The Morgan fingerprint density at radius 1 is 1.43 bits per heavy atom. The number of amides is 1. The fourth-order valence-corrected chi connectivity index (χ4v) is 2.99. The van der Waals surface area contributed by atoms with Crippen LogP contribution in [0, 0.1) is 0 Å². The van der Waals surface area contributed by atoms with Crippen LogP contribution in [0.3, 0.4) is 0 Å². The molecule has 23 heavy (non-hydrogen) atoms. The van der Waals surface area contributed by atoms with E-state index in [0.717, 1.165) is 11.4 Å². The van der Waals surface area contributed by atoms with Crippen molar-refractivity contribution in [2.24, 2.45) is 7.05 Å². The molecule has 2 aromatic rings. The van der Waals surface area contributed by atoms with E-state index >= 15 is 0 Å². The minimum atomic E-state index is 0.0945. The first-order chi connectivity index (χ1) is 11.2. The van der Waals surface area contributed by atoms with E-state index in [1.807, 2.05) is 47.9 Å². The van der Waals surface area contributed by atoms with Crippen molar-refractivity contribution >= 4 is 5.91 Å². The number of aryl methyl sites for hydroxylation is 1. The second kappa shape index (κ2) is 6.91. The molecule has 3 rings (SSSR count). The normalized spacial score (nSPS) is 17.1. The molecule has 0 aromatic carbocycles. The average Bonchev–Trinajstić information content (AvgIpc) is 2.95. The molecular formula is C17H22N4O2. The highest BCUT2D eigenvalue weighted by Crippen LogP contribution is 2.28. The number of nitrogens with zero attached hydrogens (tertiary/aromatic N) is 4. The van der Waals surface area contributed by atoms with Crippen molar-refractivity contribution in [3.8, 4) is 0 Å². The minimum Gasteiger partial charge on any atom is -0.381 e. The third-order valence-corrected chi connectivity index (χ3v) is 4.25. The molecule has 1 aliphatic heterocycles. The molecule has 6 heteroatoms. The Morgan fingerprint density at radius 3 is 3.04 bits per heavy atom. The summed E-state index contributed by atoms with van der Waals surface area (Å²) < 4.78 is 7.45. The molecule has 1 amide bonds. The molecule has 1 aliphatic rings. The van der Waals surface area contributed by atoms with Gasteiger partial charge in [0.1, 0.15) is 0 Å². The van der Waals surface area contributed by atoms with Crippen molar-refractivity contribution in [3.05, 3.63) is 47.5 Å². The van der Waals surface area contributed by atoms with E-state index in [0.29, 0.717) is 32.7 Å². The molecule has 0 aliphatic carbocycles. The van der Waals surface area contributed by atoms with Gasteiger partial charge in [-0.05, 0) is 19.1 Å². The molecule has 0 N–H and O–H groups in total. The van der Waals surface area contributed by atoms with E-state index in [1.54, 1.807) is 6.20 Å². The first-order valence-corrected chi connectivity index (χ1v) is 7.95. The zero-order chi connectivity index (χ0) is 16.2. The number of fused-ring (bicyclic) bond motifs is 1. The van der Waals surface area contributed by atoms with Gasteiger partial charge in [-0.3, -0.25) is 14.5 Å². The van der Waals surface area contributed by atoms with Crippen LogP contribution < -0.4 is 0 Å². The van der Waals surface area contributed by atoms with Gasteiger partial charge in [0, 0.05) is 43.6 Å². The second-order valence-electron chi connectivity index (χ2n) is 5.80. The third kappa shape index (κ3) is 3.42. The van der Waals surface area contributed by atoms with Gasteiger partial charge in [0.15, 0.2) is 0 Å². The molecule has 2 aromatic heterocycles. The molecule has 0 spiro atoms.